The van der Waals surface area contributed by atoms with Gasteiger partial charge in [-0.05, 0) is 68.4 Å². The van der Waals surface area contributed by atoms with Crippen LogP contribution in [0.4, 0.5) is 0 Å². The quantitative estimate of drug-likeness (QED) is 0.171. The maximum absolute atomic E-state index is 6.53. The number of aromatic nitrogens is 3. The molecule has 2 aliphatic carbocycles. The van der Waals surface area contributed by atoms with E-state index in [0.717, 1.165) is 66.5 Å². The molecule has 2 aliphatic rings. The molecule has 268 valence electrons. The molecule has 0 saturated carbocycles. The van der Waals surface area contributed by atoms with E-state index in [9.17, 15) is 0 Å². The number of hydrogen-bond donors (Lipinski definition) is 0. The highest BCUT2D eigenvalue weighted by Crippen LogP contribution is 2.40. The minimum atomic E-state index is 0.269. The van der Waals surface area contributed by atoms with Crippen LogP contribution < -0.4 is 0 Å². The topological polar surface area (TPSA) is 51.8 Å². The fraction of sp³-hybridized carbons (Fsp3) is 0.0377. The van der Waals surface area contributed by atoms with Crippen molar-refractivity contribution in [3.05, 3.63) is 206 Å². The number of rotatable bonds is 6. The molecular formula is C53H35N3O. The molecule has 0 radical (unpaired) electrons. The van der Waals surface area contributed by atoms with Crippen LogP contribution in [0.5, 0.6) is 0 Å². The number of hydrogen-bond acceptors (Lipinski definition) is 4. The molecule has 11 rings (SSSR count). The molecule has 0 N–H and O–H groups in total. The first-order valence-electron chi connectivity index (χ1n) is 19.4. The highest BCUT2D eigenvalue weighted by atomic mass is 16.3. The second-order valence-corrected chi connectivity index (χ2v) is 14.8. The normalized spacial score (nSPS) is 16.0. The lowest BCUT2D eigenvalue weighted by Crippen LogP contribution is -2.12. The van der Waals surface area contributed by atoms with Crippen molar-refractivity contribution in [2.45, 2.75) is 0 Å². The molecular weight excluding hydrogens is 695 g/mol. The van der Waals surface area contributed by atoms with Crippen LogP contribution in [-0.4, -0.2) is 15.0 Å². The molecule has 2 aromatic heterocycles. The molecule has 7 aromatic carbocycles. The Kier molecular flexibility index (Phi) is 7.92. The number of benzene rings is 7. The van der Waals surface area contributed by atoms with Crippen LogP contribution in [-0.2, 0) is 0 Å². The standard InChI is InChI=1S/C53H35N3O/c1-2-11-34(12-3-1)40-17-8-18-42(31-40)52-54-51(55-53(56-52)43-28-23-35-13-4-5-15-39(35)32-43)38-26-24-37(25-27-38)46-21-10-22-48-50(46)47-30-29-41(33-49(47)57-48)45-20-9-16-36-14-6-7-19-44(36)45/h1-33,35,39H. The third kappa shape index (κ3) is 5.99. The maximum atomic E-state index is 6.53. The van der Waals surface area contributed by atoms with Crippen molar-refractivity contribution in [3.8, 4) is 56.2 Å². The number of nitrogens with zero attached hydrogens (tertiary/aromatic N) is 3. The van der Waals surface area contributed by atoms with E-state index in [1.807, 2.05) is 6.07 Å². The Morgan fingerprint density at radius 2 is 1.07 bits per heavy atom. The Labute approximate surface area is 330 Å². The van der Waals surface area contributed by atoms with E-state index in [4.69, 9.17) is 19.4 Å². The van der Waals surface area contributed by atoms with Crippen LogP contribution in [0.15, 0.2) is 205 Å². The fourth-order valence-electron chi connectivity index (χ4n) is 8.37. The van der Waals surface area contributed by atoms with Crippen molar-refractivity contribution >= 4 is 38.3 Å². The summed E-state index contributed by atoms with van der Waals surface area (Å²) in [5, 5.41) is 4.66. The zero-order valence-electron chi connectivity index (χ0n) is 31.0. The summed E-state index contributed by atoms with van der Waals surface area (Å²) in [5.74, 6) is 2.56. The minimum Gasteiger partial charge on any atom is -0.456 e. The van der Waals surface area contributed by atoms with Gasteiger partial charge in [0.1, 0.15) is 11.2 Å². The van der Waals surface area contributed by atoms with Gasteiger partial charge in [0.25, 0.3) is 0 Å². The molecule has 9 aromatic rings. The third-order valence-corrected chi connectivity index (χ3v) is 11.3. The van der Waals surface area contributed by atoms with Crippen LogP contribution in [0, 0.1) is 11.8 Å². The summed E-state index contributed by atoms with van der Waals surface area (Å²) in [6, 6.07) is 55.3. The van der Waals surface area contributed by atoms with Crippen LogP contribution in [0.2, 0.25) is 0 Å². The van der Waals surface area contributed by atoms with Crippen molar-refractivity contribution in [3.63, 3.8) is 0 Å². The van der Waals surface area contributed by atoms with Gasteiger partial charge in [-0.3, -0.25) is 0 Å². The van der Waals surface area contributed by atoms with E-state index in [2.05, 4.69) is 194 Å². The van der Waals surface area contributed by atoms with E-state index < -0.39 is 0 Å². The highest BCUT2D eigenvalue weighted by Gasteiger charge is 2.22. The average Bonchev–Trinajstić information content (AvgIpc) is 3.67. The molecule has 57 heavy (non-hydrogen) atoms. The van der Waals surface area contributed by atoms with Gasteiger partial charge in [0, 0.05) is 39.3 Å². The van der Waals surface area contributed by atoms with Crippen molar-refractivity contribution in [1.82, 2.24) is 15.0 Å². The Morgan fingerprint density at radius 3 is 1.96 bits per heavy atom. The summed E-state index contributed by atoms with van der Waals surface area (Å²) in [5.41, 5.74) is 11.4. The molecule has 0 saturated heterocycles. The first-order chi connectivity index (χ1) is 28.2. The first-order valence-corrected chi connectivity index (χ1v) is 19.4. The van der Waals surface area contributed by atoms with Crippen molar-refractivity contribution < 1.29 is 4.42 Å². The summed E-state index contributed by atoms with van der Waals surface area (Å²) in [6.07, 6.45) is 15.4. The highest BCUT2D eigenvalue weighted by molar-refractivity contribution is 6.13. The van der Waals surface area contributed by atoms with Crippen molar-refractivity contribution in [2.75, 3.05) is 0 Å². The van der Waals surface area contributed by atoms with Crippen LogP contribution in [0.1, 0.15) is 5.82 Å². The minimum absolute atomic E-state index is 0.269. The van der Waals surface area contributed by atoms with Gasteiger partial charge >= 0.3 is 0 Å². The summed E-state index contributed by atoms with van der Waals surface area (Å²) >= 11 is 0. The number of furan rings is 1. The van der Waals surface area contributed by atoms with Gasteiger partial charge in [-0.15, -0.1) is 0 Å². The Morgan fingerprint density at radius 1 is 0.404 bits per heavy atom. The Hall–Kier alpha value is -7.43. The van der Waals surface area contributed by atoms with E-state index in [1.54, 1.807) is 0 Å². The monoisotopic (exact) mass is 729 g/mol. The molecule has 2 heterocycles. The lowest BCUT2D eigenvalue weighted by atomic mass is 9.83. The van der Waals surface area contributed by atoms with E-state index in [-0.39, 0.29) is 5.92 Å². The lowest BCUT2D eigenvalue weighted by molar-refractivity contribution is 0.662. The third-order valence-electron chi connectivity index (χ3n) is 11.3. The Bertz CT molecular complexity index is 3130. The van der Waals surface area contributed by atoms with Gasteiger partial charge in [-0.1, -0.05) is 176 Å². The number of allylic oxidation sites excluding steroid dienone is 8. The van der Waals surface area contributed by atoms with Gasteiger partial charge < -0.3 is 4.42 Å². The molecule has 2 unspecified atom stereocenters. The van der Waals surface area contributed by atoms with Gasteiger partial charge in [0.15, 0.2) is 17.5 Å². The van der Waals surface area contributed by atoms with Crippen LogP contribution in [0.3, 0.4) is 0 Å². The van der Waals surface area contributed by atoms with Gasteiger partial charge in [0.2, 0.25) is 0 Å². The fourth-order valence-corrected chi connectivity index (χ4v) is 8.37. The zero-order valence-corrected chi connectivity index (χ0v) is 31.0. The average molecular weight is 730 g/mol. The molecule has 2 atom stereocenters. The lowest BCUT2D eigenvalue weighted by Gasteiger charge is -2.22. The predicted molar refractivity (Wildman–Crippen MR) is 234 cm³/mol. The predicted octanol–water partition coefficient (Wildman–Crippen LogP) is 13.6. The summed E-state index contributed by atoms with van der Waals surface area (Å²) in [7, 11) is 0. The molecule has 4 nitrogen and oxygen atoms in total. The molecule has 0 fully saturated rings. The SMILES string of the molecule is C1=CC2C=CC(c3nc(-c4ccc(-c5cccc6oc7cc(-c8cccc9ccccc89)ccc7c56)cc4)nc(-c4cccc(-c5ccccc5)c4)n3)=CC2C=C1. The van der Waals surface area contributed by atoms with Crippen LogP contribution >= 0.6 is 0 Å². The molecule has 0 spiro atoms. The van der Waals surface area contributed by atoms with E-state index >= 15 is 0 Å². The van der Waals surface area contributed by atoms with Crippen LogP contribution in [0.25, 0.3) is 94.4 Å². The zero-order chi connectivity index (χ0) is 37.7. The van der Waals surface area contributed by atoms with Gasteiger partial charge in [-0.2, -0.15) is 0 Å². The maximum Gasteiger partial charge on any atom is 0.164 e. The largest absolute Gasteiger partial charge is 0.456 e. The summed E-state index contributed by atoms with van der Waals surface area (Å²) in [6.45, 7) is 0. The second-order valence-electron chi connectivity index (χ2n) is 14.8. The van der Waals surface area contributed by atoms with Crippen molar-refractivity contribution in [1.29, 1.82) is 0 Å². The van der Waals surface area contributed by atoms with E-state index in [0.29, 0.717) is 23.4 Å². The smallest absolute Gasteiger partial charge is 0.164 e. The molecule has 0 bridgehead atoms. The molecule has 4 heteroatoms. The molecule has 0 aliphatic heterocycles. The second kappa shape index (κ2) is 13.7. The van der Waals surface area contributed by atoms with E-state index in [1.165, 1.54) is 16.3 Å². The number of fused-ring (bicyclic) bond motifs is 5. The van der Waals surface area contributed by atoms with Gasteiger partial charge in [0.05, 0.1) is 0 Å². The summed E-state index contributed by atoms with van der Waals surface area (Å²) < 4.78 is 6.53. The van der Waals surface area contributed by atoms with Crippen molar-refractivity contribution in [2.24, 2.45) is 11.8 Å². The first kappa shape index (κ1) is 33.0. The molecule has 0 amide bonds. The Balaban J connectivity index is 0.985. The van der Waals surface area contributed by atoms with Gasteiger partial charge in [-0.25, -0.2) is 15.0 Å². The summed E-state index contributed by atoms with van der Waals surface area (Å²) in [4.78, 5) is 15.3.